The van der Waals surface area contributed by atoms with Crippen LogP contribution < -0.4 is 5.32 Å². The number of likely N-dealkylation sites (N-methyl/N-ethyl adjacent to an activating group) is 1. The Morgan fingerprint density at radius 3 is 2.19 bits per heavy atom. The second-order valence-corrected chi connectivity index (χ2v) is 7.33. The van der Waals surface area contributed by atoms with Crippen molar-refractivity contribution in [2.75, 3.05) is 6.54 Å². The van der Waals surface area contributed by atoms with Crippen molar-refractivity contribution in [3.05, 3.63) is 69.7 Å². The number of carbonyl (C=O) groups excluding carboxylic acids is 2. The monoisotopic (exact) mass is 386 g/mol. The van der Waals surface area contributed by atoms with Gasteiger partial charge >= 0.3 is 0 Å². The fourth-order valence-corrected chi connectivity index (χ4v) is 3.26. The molecule has 0 aliphatic rings. The van der Waals surface area contributed by atoms with Gasteiger partial charge < -0.3 is 10.2 Å². The highest BCUT2D eigenvalue weighted by molar-refractivity contribution is 6.30. The van der Waals surface area contributed by atoms with E-state index in [0.717, 1.165) is 22.3 Å². The summed E-state index contributed by atoms with van der Waals surface area (Å²) in [6.45, 7) is 8.56. The van der Waals surface area contributed by atoms with Gasteiger partial charge in [-0.25, -0.2) is 0 Å². The van der Waals surface area contributed by atoms with Crippen LogP contribution in [0.15, 0.2) is 42.5 Å². The number of nitrogens with one attached hydrogen (secondary N) is 1. The Morgan fingerprint density at radius 2 is 1.63 bits per heavy atom. The highest BCUT2D eigenvalue weighted by Crippen LogP contribution is 2.16. The van der Waals surface area contributed by atoms with E-state index in [1.54, 1.807) is 24.0 Å². The van der Waals surface area contributed by atoms with E-state index in [-0.39, 0.29) is 18.2 Å². The largest absolute Gasteiger partial charge is 0.355 e. The lowest BCUT2D eigenvalue weighted by atomic mass is 10.0. The van der Waals surface area contributed by atoms with Crippen LogP contribution >= 0.6 is 11.6 Å². The molecule has 27 heavy (non-hydrogen) atoms. The molecule has 0 radical (unpaired) electrons. The zero-order chi connectivity index (χ0) is 20.0. The van der Waals surface area contributed by atoms with Crippen LogP contribution in [-0.4, -0.2) is 29.3 Å². The molecule has 2 aromatic carbocycles. The molecule has 1 atom stereocenters. The van der Waals surface area contributed by atoms with E-state index in [1.807, 2.05) is 45.0 Å². The summed E-state index contributed by atoms with van der Waals surface area (Å²) in [4.78, 5) is 27.1. The molecule has 5 heteroatoms. The third kappa shape index (κ3) is 6.10. The summed E-state index contributed by atoms with van der Waals surface area (Å²) in [7, 11) is 0. The first-order chi connectivity index (χ1) is 12.8. The van der Waals surface area contributed by atoms with E-state index < -0.39 is 6.04 Å². The third-order valence-corrected chi connectivity index (χ3v) is 4.67. The molecule has 2 amide bonds. The topological polar surface area (TPSA) is 49.4 Å². The van der Waals surface area contributed by atoms with Gasteiger partial charge in [0, 0.05) is 18.1 Å². The first kappa shape index (κ1) is 21.0. The maximum absolute atomic E-state index is 13.1. The van der Waals surface area contributed by atoms with Crippen molar-refractivity contribution in [1.29, 1.82) is 0 Å². The van der Waals surface area contributed by atoms with Gasteiger partial charge in [-0.1, -0.05) is 53.1 Å². The highest BCUT2D eigenvalue weighted by Gasteiger charge is 2.25. The lowest BCUT2D eigenvalue weighted by molar-refractivity contribution is -0.140. The SMILES string of the molecule is CCNC(=O)C(C)N(Cc1ccc(Cl)cc1)C(=O)Cc1cc(C)cc(C)c1. The van der Waals surface area contributed by atoms with E-state index in [4.69, 9.17) is 11.6 Å². The van der Waals surface area contributed by atoms with E-state index in [2.05, 4.69) is 11.4 Å². The van der Waals surface area contributed by atoms with Gasteiger partial charge in [0.25, 0.3) is 0 Å². The number of rotatable bonds is 7. The first-order valence-corrected chi connectivity index (χ1v) is 9.56. The van der Waals surface area contributed by atoms with Gasteiger partial charge in [0.05, 0.1) is 6.42 Å². The van der Waals surface area contributed by atoms with Crippen molar-refractivity contribution in [3.63, 3.8) is 0 Å². The highest BCUT2D eigenvalue weighted by atomic mass is 35.5. The smallest absolute Gasteiger partial charge is 0.242 e. The van der Waals surface area contributed by atoms with Crippen molar-refractivity contribution in [2.45, 2.75) is 46.7 Å². The van der Waals surface area contributed by atoms with Crippen LogP contribution in [0.5, 0.6) is 0 Å². The lowest BCUT2D eigenvalue weighted by Crippen LogP contribution is -2.48. The number of amides is 2. The van der Waals surface area contributed by atoms with Crippen LogP contribution in [0.3, 0.4) is 0 Å². The first-order valence-electron chi connectivity index (χ1n) is 9.19. The Bertz CT molecular complexity index is 782. The summed E-state index contributed by atoms with van der Waals surface area (Å²) in [6.07, 6.45) is 0.264. The molecule has 1 unspecified atom stereocenters. The van der Waals surface area contributed by atoms with E-state index >= 15 is 0 Å². The van der Waals surface area contributed by atoms with E-state index in [0.29, 0.717) is 18.1 Å². The second-order valence-electron chi connectivity index (χ2n) is 6.89. The zero-order valence-corrected chi connectivity index (χ0v) is 17.1. The minimum atomic E-state index is -0.556. The molecule has 0 spiro atoms. The summed E-state index contributed by atoms with van der Waals surface area (Å²) in [5, 5.41) is 3.45. The van der Waals surface area contributed by atoms with Gasteiger partial charge in [0.1, 0.15) is 6.04 Å². The Morgan fingerprint density at radius 1 is 1.04 bits per heavy atom. The van der Waals surface area contributed by atoms with Gasteiger partial charge in [0.15, 0.2) is 0 Å². The predicted octanol–water partition coefficient (Wildman–Crippen LogP) is 4.05. The molecule has 144 valence electrons. The second kappa shape index (κ2) is 9.56. The van der Waals surface area contributed by atoms with Crippen molar-refractivity contribution >= 4 is 23.4 Å². The Labute approximate surface area is 166 Å². The molecular weight excluding hydrogens is 360 g/mol. The van der Waals surface area contributed by atoms with E-state index in [9.17, 15) is 9.59 Å². The number of nitrogens with zero attached hydrogens (tertiary/aromatic N) is 1. The molecule has 4 nitrogen and oxygen atoms in total. The van der Waals surface area contributed by atoms with Gasteiger partial charge in [-0.15, -0.1) is 0 Å². The molecule has 1 N–H and O–H groups in total. The molecule has 2 rings (SSSR count). The molecule has 0 bridgehead atoms. The molecule has 0 aromatic heterocycles. The standard InChI is InChI=1S/C22H27ClN2O2/c1-5-24-22(27)17(4)25(14-18-6-8-20(23)9-7-18)21(26)13-19-11-15(2)10-16(3)12-19/h6-12,17H,5,13-14H2,1-4H3,(H,24,27). The van der Waals surface area contributed by atoms with Crippen LogP contribution in [0, 0.1) is 13.8 Å². The molecule has 0 aliphatic heterocycles. The molecule has 0 saturated carbocycles. The van der Waals surface area contributed by atoms with Crippen molar-refractivity contribution in [3.8, 4) is 0 Å². The molecule has 2 aromatic rings. The minimum absolute atomic E-state index is 0.0753. The van der Waals surface area contributed by atoms with Gasteiger partial charge in [-0.3, -0.25) is 9.59 Å². The maximum Gasteiger partial charge on any atom is 0.242 e. The van der Waals surface area contributed by atoms with Crippen molar-refractivity contribution in [1.82, 2.24) is 10.2 Å². The number of aryl methyl sites for hydroxylation is 2. The number of benzene rings is 2. The van der Waals surface area contributed by atoms with Crippen LogP contribution in [0.25, 0.3) is 0 Å². The summed E-state index contributed by atoms with van der Waals surface area (Å²) in [5.41, 5.74) is 4.14. The van der Waals surface area contributed by atoms with Gasteiger partial charge in [0.2, 0.25) is 11.8 Å². The maximum atomic E-state index is 13.1. The normalized spacial score (nSPS) is 11.7. The van der Waals surface area contributed by atoms with Crippen molar-refractivity contribution in [2.24, 2.45) is 0 Å². The van der Waals surface area contributed by atoms with Crippen LogP contribution in [0.4, 0.5) is 0 Å². The van der Waals surface area contributed by atoms with Crippen LogP contribution in [-0.2, 0) is 22.6 Å². The number of hydrogen-bond donors (Lipinski definition) is 1. The molecule has 0 saturated heterocycles. The average Bonchev–Trinajstić information content (AvgIpc) is 2.59. The Hall–Kier alpha value is -2.33. The fraction of sp³-hybridized carbons (Fsp3) is 0.364. The van der Waals surface area contributed by atoms with E-state index in [1.165, 1.54) is 0 Å². The van der Waals surface area contributed by atoms with Gasteiger partial charge in [-0.05, 0) is 51.0 Å². The molecular formula is C22H27ClN2O2. The summed E-state index contributed by atoms with van der Waals surface area (Å²) < 4.78 is 0. The summed E-state index contributed by atoms with van der Waals surface area (Å²) >= 11 is 5.96. The minimum Gasteiger partial charge on any atom is -0.355 e. The van der Waals surface area contributed by atoms with Crippen LogP contribution in [0.1, 0.15) is 36.1 Å². The molecule has 0 heterocycles. The summed E-state index contributed by atoms with van der Waals surface area (Å²) in [6, 6.07) is 12.9. The number of halogens is 1. The van der Waals surface area contributed by atoms with Crippen LogP contribution in [0.2, 0.25) is 5.02 Å². The third-order valence-electron chi connectivity index (χ3n) is 4.42. The molecule has 0 fully saturated rings. The quantitative estimate of drug-likeness (QED) is 0.780. The summed E-state index contributed by atoms with van der Waals surface area (Å²) in [5.74, 6) is -0.228. The Kier molecular flexibility index (Phi) is 7.43. The molecule has 0 aliphatic carbocycles. The Balaban J connectivity index is 2.24. The zero-order valence-electron chi connectivity index (χ0n) is 16.4. The average molecular weight is 387 g/mol. The number of carbonyl (C=O) groups is 2. The lowest BCUT2D eigenvalue weighted by Gasteiger charge is -2.29. The predicted molar refractivity (Wildman–Crippen MR) is 110 cm³/mol. The fourth-order valence-electron chi connectivity index (χ4n) is 3.14. The van der Waals surface area contributed by atoms with Crippen molar-refractivity contribution < 1.29 is 9.59 Å². The number of hydrogen-bond acceptors (Lipinski definition) is 2. The van der Waals surface area contributed by atoms with Gasteiger partial charge in [-0.2, -0.15) is 0 Å².